The molecule has 6 rings (SSSR count). The second kappa shape index (κ2) is 7.35. The highest BCUT2D eigenvalue weighted by molar-refractivity contribution is 5.92. The Hall–Kier alpha value is -3.45. The number of nitrogens with one attached hydrogen (secondary N) is 2. The van der Waals surface area contributed by atoms with Crippen LogP contribution < -0.4 is 15.5 Å². The van der Waals surface area contributed by atoms with Crippen LogP contribution in [0.4, 0.5) is 16.0 Å². The number of nitrogens with zero attached hydrogens (tertiary/aromatic N) is 4. The topological polar surface area (TPSA) is 58.0 Å². The smallest absolute Gasteiger partial charge is 0.159 e. The summed E-state index contributed by atoms with van der Waals surface area (Å²) in [5.74, 6) is 1.42. The molecule has 2 aliphatic heterocycles. The molecular formula is C24H23FN6. The first-order chi connectivity index (χ1) is 15.2. The van der Waals surface area contributed by atoms with Gasteiger partial charge >= 0.3 is 0 Å². The molecule has 4 heterocycles. The van der Waals surface area contributed by atoms with E-state index in [1.807, 2.05) is 41.1 Å². The van der Waals surface area contributed by atoms with Crippen LogP contribution in [0.2, 0.25) is 0 Å². The van der Waals surface area contributed by atoms with E-state index in [0.29, 0.717) is 18.6 Å². The predicted molar refractivity (Wildman–Crippen MR) is 120 cm³/mol. The molecule has 31 heavy (non-hydrogen) atoms. The summed E-state index contributed by atoms with van der Waals surface area (Å²) in [6.07, 6.45) is 2.90. The number of halogens is 1. The van der Waals surface area contributed by atoms with Gasteiger partial charge in [-0.05, 0) is 30.2 Å². The molecule has 2 aromatic heterocycles. The number of piperazine rings is 1. The summed E-state index contributed by atoms with van der Waals surface area (Å²) < 4.78 is 16.0. The number of aromatic nitrogens is 3. The van der Waals surface area contributed by atoms with Crippen molar-refractivity contribution < 1.29 is 4.39 Å². The van der Waals surface area contributed by atoms with Crippen molar-refractivity contribution in [3.8, 4) is 5.69 Å². The lowest BCUT2D eigenvalue weighted by molar-refractivity contribution is 0.575. The van der Waals surface area contributed by atoms with Crippen molar-refractivity contribution in [3.05, 3.63) is 78.2 Å². The van der Waals surface area contributed by atoms with Crippen molar-refractivity contribution in [3.63, 3.8) is 0 Å². The van der Waals surface area contributed by atoms with Gasteiger partial charge in [-0.25, -0.2) is 14.1 Å². The summed E-state index contributed by atoms with van der Waals surface area (Å²) in [5, 5.41) is 12.8. The fourth-order valence-corrected chi connectivity index (χ4v) is 4.74. The average Bonchev–Trinajstić information content (AvgIpc) is 3.52. The van der Waals surface area contributed by atoms with E-state index in [1.165, 1.54) is 11.6 Å². The molecule has 4 aromatic rings. The molecule has 6 nitrogen and oxygen atoms in total. The van der Waals surface area contributed by atoms with E-state index in [2.05, 4.69) is 32.7 Å². The fraction of sp³-hybridized carbons (Fsp3) is 0.250. The molecule has 156 valence electrons. The third-order valence-corrected chi connectivity index (χ3v) is 6.26. The maximum Gasteiger partial charge on any atom is 0.159 e. The van der Waals surface area contributed by atoms with Crippen molar-refractivity contribution in [1.82, 2.24) is 20.1 Å². The Kier molecular flexibility index (Phi) is 4.35. The van der Waals surface area contributed by atoms with E-state index in [9.17, 15) is 4.39 Å². The lowest BCUT2D eigenvalue weighted by atomic mass is 10.2. The van der Waals surface area contributed by atoms with Crippen molar-refractivity contribution >= 4 is 22.5 Å². The van der Waals surface area contributed by atoms with Crippen LogP contribution in [0.3, 0.4) is 0 Å². The molecule has 2 fully saturated rings. The minimum Gasteiger partial charge on any atom is -0.366 e. The van der Waals surface area contributed by atoms with E-state index in [1.54, 1.807) is 12.3 Å². The molecule has 0 radical (unpaired) electrons. The van der Waals surface area contributed by atoms with Crippen LogP contribution in [0.5, 0.6) is 0 Å². The molecule has 2 bridgehead atoms. The maximum absolute atomic E-state index is 14.2. The van der Waals surface area contributed by atoms with Gasteiger partial charge in [0.25, 0.3) is 0 Å². The summed E-state index contributed by atoms with van der Waals surface area (Å²) in [4.78, 5) is 6.82. The zero-order valence-corrected chi connectivity index (χ0v) is 17.0. The van der Waals surface area contributed by atoms with Gasteiger partial charge in [0.2, 0.25) is 0 Å². The summed E-state index contributed by atoms with van der Waals surface area (Å²) in [7, 11) is 0. The molecule has 2 unspecified atom stereocenters. The fourth-order valence-electron chi connectivity index (χ4n) is 4.74. The Bertz CT molecular complexity index is 1240. The van der Waals surface area contributed by atoms with Crippen LogP contribution in [0, 0.1) is 5.82 Å². The molecule has 0 spiro atoms. The Morgan fingerprint density at radius 3 is 2.81 bits per heavy atom. The monoisotopic (exact) mass is 414 g/mol. The first-order valence-electron chi connectivity index (χ1n) is 10.7. The van der Waals surface area contributed by atoms with Gasteiger partial charge in [-0.2, -0.15) is 0 Å². The summed E-state index contributed by atoms with van der Waals surface area (Å²) in [6.45, 7) is 2.60. The van der Waals surface area contributed by atoms with E-state index in [-0.39, 0.29) is 5.82 Å². The van der Waals surface area contributed by atoms with E-state index < -0.39 is 0 Å². The lowest BCUT2D eigenvalue weighted by Crippen LogP contribution is -2.43. The highest BCUT2D eigenvalue weighted by atomic mass is 19.1. The maximum atomic E-state index is 14.2. The summed E-state index contributed by atoms with van der Waals surface area (Å²) in [6, 6.07) is 20.0. The zero-order chi connectivity index (χ0) is 20.8. The molecule has 7 heteroatoms. The number of fused-ring (bicyclic) bond motifs is 3. The van der Waals surface area contributed by atoms with E-state index in [4.69, 9.17) is 5.10 Å². The minimum absolute atomic E-state index is 0.263. The normalized spacial score (nSPS) is 20.0. The minimum atomic E-state index is -0.263. The molecule has 2 aliphatic rings. The molecule has 0 saturated carbocycles. The first kappa shape index (κ1) is 18.3. The number of anilines is 2. The zero-order valence-electron chi connectivity index (χ0n) is 17.0. The third kappa shape index (κ3) is 3.31. The Balaban J connectivity index is 1.37. The van der Waals surface area contributed by atoms with Gasteiger partial charge in [-0.3, -0.25) is 0 Å². The van der Waals surface area contributed by atoms with E-state index >= 15 is 0 Å². The molecule has 2 saturated heterocycles. The van der Waals surface area contributed by atoms with Crippen LogP contribution >= 0.6 is 0 Å². The SMILES string of the molecule is Fc1ccc2c(N3CC4CC3CN4)nn(-c3ccnc(NCc4ccccc4)c3)c2c1. The van der Waals surface area contributed by atoms with Crippen molar-refractivity contribution in [2.24, 2.45) is 0 Å². The van der Waals surface area contributed by atoms with Gasteiger partial charge in [0.05, 0.1) is 11.2 Å². The lowest BCUT2D eigenvalue weighted by Gasteiger charge is -2.27. The van der Waals surface area contributed by atoms with Gasteiger partial charge in [0.15, 0.2) is 5.82 Å². The van der Waals surface area contributed by atoms with Gasteiger partial charge in [0, 0.05) is 55.4 Å². The molecular weight excluding hydrogens is 391 g/mol. The van der Waals surface area contributed by atoms with Crippen LogP contribution in [-0.2, 0) is 6.54 Å². The number of pyridine rings is 1. The molecule has 2 atom stereocenters. The number of benzene rings is 2. The van der Waals surface area contributed by atoms with Crippen LogP contribution in [0.15, 0.2) is 66.9 Å². The van der Waals surface area contributed by atoms with Crippen LogP contribution in [-0.4, -0.2) is 39.9 Å². The second-order valence-corrected chi connectivity index (χ2v) is 8.28. The Labute approximate surface area is 179 Å². The first-order valence-corrected chi connectivity index (χ1v) is 10.7. The largest absolute Gasteiger partial charge is 0.366 e. The highest BCUT2D eigenvalue weighted by Gasteiger charge is 2.39. The number of rotatable bonds is 5. The second-order valence-electron chi connectivity index (χ2n) is 8.28. The van der Waals surface area contributed by atoms with Crippen molar-refractivity contribution in [2.75, 3.05) is 23.3 Å². The molecule has 2 aromatic carbocycles. The number of hydrogen-bond acceptors (Lipinski definition) is 5. The summed E-state index contributed by atoms with van der Waals surface area (Å²) in [5.41, 5.74) is 2.81. The van der Waals surface area contributed by atoms with Gasteiger partial charge < -0.3 is 15.5 Å². The molecule has 0 aliphatic carbocycles. The van der Waals surface area contributed by atoms with Crippen LogP contribution in [0.1, 0.15) is 12.0 Å². The number of hydrogen-bond donors (Lipinski definition) is 2. The standard InChI is InChI=1S/C24H23FN6/c25-17-6-7-21-22(10-17)31(29-24(21)30-15-18-11-20(30)14-27-18)19-8-9-26-23(12-19)28-13-16-4-2-1-3-5-16/h1-10,12,18,20,27H,11,13-15H2,(H,26,28). The van der Waals surface area contributed by atoms with Gasteiger partial charge in [-0.15, -0.1) is 5.10 Å². The van der Waals surface area contributed by atoms with Crippen molar-refractivity contribution in [1.29, 1.82) is 0 Å². The Morgan fingerprint density at radius 1 is 1.10 bits per heavy atom. The van der Waals surface area contributed by atoms with E-state index in [0.717, 1.165) is 47.7 Å². The molecule has 0 amide bonds. The predicted octanol–water partition coefficient (Wildman–Crippen LogP) is 3.72. The summed E-state index contributed by atoms with van der Waals surface area (Å²) >= 11 is 0. The third-order valence-electron chi connectivity index (χ3n) is 6.26. The quantitative estimate of drug-likeness (QED) is 0.521. The average molecular weight is 414 g/mol. The van der Waals surface area contributed by atoms with Crippen molar-refractivity contribution in [2.45, 2.75) is 25.0 Å². The van der Waals surface area contributed by atoms with Gasteiger partial charge in [0.1, 0.15) is 11.6 Å². The van der Waals surface area contributed by atoms with Gasteiger partial charge in [-0.1, -0.05) is 30.3 Å². The Morgan fingerprint density at radius 2 is 2.00 bits per heavy atom. The molecule has 2 N–H and O–H groups in total. The van der Waals surface area contributed by atoms with Crippen LogP contribution in [0.25, 0.3) is 16.6 Å². The highest BCUT2D eigenvalue weighted by Crippen LogP contribution is 2.35.